The number of carbonyl (C=O) groups is 1. The van der Waals surface area contributed by atoms with Crippen LogP contribution >= 0.6 is 15.9 Å². The van der Waals surface area contributed by atoms with E-state index in [1.54, 1.807) is 13.2 Å². The monoisotopic (exact) mass is 266 g/mol. The Bertz CT molecular complexity index is 461. The highest BCUT2D eigenvalue weighted by Crippen LogP contribution is 2.34. The van der Waals surface area contributed by atoms with Crippen LogP contribution in [0.3, 0.4) is 0 Å². The number of hydrogen-bond acceptors (Lipinski definition) is 2. The molecule has 1 aromatic rings. The first kappa shape index (κ1) is 10.4. The number of ether oxygens (including phenoxy) is 1. The van der Waals surface area contributed by atoms with Crippen LogP contribution in [0, 0.1) is 0 Å². The molecule has 1 aliphatic rings. The van der Waals surface area contributed by atoms with Crippen LogP contribution in [0.25, 0.3) is 5.57 Å². The van der Waals surface area contributed by atoms with E-state index in [1.165, 1.54) is 0 Å². The van der Waals surface area contributed by atoms with E-state index in [-0.39, 0.29) is 5.78 Å². The van der Waals surface area contributed by atoms with Gasteiger partial charge in [0.2, 0.25) is 0 Å². The maximum atomic E-state index is 11.4. The first-order valence-electron chi connectivity index (χ1n) is 4.69. The Labute approximate surface area is 97.1 Å². The third kappa shape index (κ3) is 1.84. The summed E-state index contributed by atoms with van der Waals surface area (Å²) in [4.78, 5) is 11.4. The van der Waals surface area contributed by atoms with Crippen molar-refractivity contribution in [1.82, 2.24) is 0 Å². The molecule has 0 bridgehead atoms. The average molecular weight is 267 g/mol. The molecule has 15 heavy (non-hydrogen) atoms. The highest BCUT2D eigenvalue weighted by molar-refractivity contribution is 9.10. The second-order valence-electron chi connectivity index (χ2n) is 3.61. The van der Waals surface area contributed by atoms with Gasteiger partial charge in [-0.3, -0.25) is 4.79 Å². The molecule has 0 heterocycles. The van der Waals surface area contributed by atoms with Gasteiger partial charge in [0, 0.05) is 6.42 Å². The minimum Gasteiger partial charge on any atom is -0.496 e. The van der Waals surface area contributed by atoms with E-state index in [0.717, 1.165) is 26.9 Å². The van der Waals surface area contributed by atoms with Gasteiger partial charge in [0.05, 0.1) is 11.6 Å². The summed E-state index contributed by atoms with van der Waals surface area (Å²) in [7, 11) is 1.62. The fraction of sp³-hybridized carbons (Fsp3) is 0.250. The molecule has 3 heteroatoms. The zero-order chi connectivity index (χ0) is 11.0. The topological polar surface area (TPSA) is 26.3 Å². The Hall–Kier alpha value is -1.09. The Balaban J connectivity index is 2.60. The van der Waals surface area contributed by atoms with Crippen molar-refractivity contribution in [2.24, 2.45) is 0 Å². The number of methoxy groups -OCH3 is 1. The summed E-state index contributed by atoms with van der Waals surface area (Å²) in [6.07, 6.45) is 2.16. The molecule has 1 aliphatic carbocycles. The van der Waals surface area contributed by atoms with Crippen molar-refractivity contribution in [1.29, 1.82) is 0 Å². The van der Waals surface area contributed by atoms with E-state index in [1.807, 2.05) is 19.1 Å². The summed E-state index contributed by atoms with van der Waals surface area (Å²) in [5.74, 6) is 0.931. The fourth-order valence-electron chi connectivity index (χ4n) is 1.82. The second kappa shape index (κ2) is 3.81. The van der Waals surface area contributed by atoms with Crippen LogP contribution in [-0.4, -0.2) is 12.9 Å². The van der Waals surface area contributed by atoms with Crippen molar-refractivity contribution in [3.05, 3.63) is 33.8 Å². The molecule has 0 aromatic heterocycles. The zero-order valence-electron chi connectivity index (χ0n) is 8.63. The van der Waals surface area contributed by atoms with Crippen LogP contribution in [0.15, 0.2) is 22.7 Å². The van der Waals surface area contributed by atoms with Gasteiger partial charge in [-0.1, -0.05) is 0 Å². The molecule has 0 atom stereocenters. The minimum absolute atomic E-state index is 0.157. The van der Waals surface area contributed by atoms with E-state index < -0.39 is 0 Å². The zero-order valence-corrected chi connectivity index (χ0v) is 10.2. The number of carbonyl (C=O) groups excluding carboxylic acids is 1. The SMILES string of the molecule is COc1cc2c(cc1Br)C(C)=CC(=O)C2. The van der Waals surface area contributed by atoms with Crippen molar-refractivity contribution in [3.8, 4) is 5.75 Å². The minimum atomic E-state index is 0.157. The first-order valence-corrected chi connectivity index (χ1v) is 5.49. The number of benzene rings is 1. The Morgan fingerprint density at radius 2 is 2.13 bits per heavy atom. The fourth-order valence-corrected chi connectivity index (χ4v) is 2.33. The Kier molecular flexibility index (Phi) is 2.65. The highest BCUT2D eigenvalue weighted by atomic mass is 79.9. The molecule has 0 aliphatic heterocycles. The molecule has 0 spiro atoms. The summed E-state index contributed by atoms with van der Waals surface area (Å²) in [5, 5.41) is 0. The lowest BCUT2D eigenvalue weighted by Gasteiger charge is -2.16. The van der Waals surface area contributed by atoms with E-state index in [2.05, 4.69) is 15.9 Å². The molecule has 1 aromatic carbocycles. The molecular formula is C12H11BrO2. The van der Waals surface area contributed by atoms with Crippen LogP contribution < -0.4 is 4.74 Å². The third-order valence-corrected chi connectivity index (χ3v) is 3.16. The molecule has 0 amide bonds. The quantitative estimate of drug-likeness (QED) is 0.781. The van der Waals surface area contributed by atoms with Crippen LogP contribution in [-0.2, 0) is 11.2 Å². The van der Waals surface area contributed by atoms with E-state index in [0.29, 0.717) is 6.42 Å². The molecule has 2 rings (SSSR count). The number of ketones is 1. The molecule has 0 saturated heterocycles. The van der Waals surface area contributed by atoms with E-state index in [4.69, 9.17) is 4.74 Å². The van der Waals surface area contributed by atoms with Crippen molar-refractivity contribution in [2.45, 2.75) is 13.3 Å². The lowest BCUT2D eigenvalue weighted by atomic mass is 9.91. The van der Waals surface area contributed by atoms with Crippen molar-refractivity contribution in [2.75, 3.05) is 7.11 Å². The van der Waals surface area contributed by atoms with Gasteiger partial charge in [0.1, 0.15) is 5.75 Å². The molecule has 0 saturated carbocycles. The van der Waals surface area contributed by atoms with Gasteiger partial charge in [-0.2, -0.15) is 0 Å². The second-order valence-corrected chi connectivity index (χ2v) is 4.47. The number of rotatable bonds is 1. The van der Waals surface area contributed by atoms with Crippen molar-refractivity contribution in [3.63, 3.8) is 0 Å². The summed E-state index contributed by atoms with van der Waals surface area (Å²) in [6, 6.07) is 3.93. The van der Waals surface area contributed by atoms with Gasteiger partial charge in [0.15, 0.2) is 5.78 Å². The number of hydrogen-bond donors (Lipinski definition) is 0. The summed E-state index contributed by atoms with van der Waals surface area (Å²) >= 11 is 3.44. The number of fused-ring (bicyclic) bond motifs is 1. The highest BCUT2D eigenvalue weighted by Gasteiger charge is 2.17. The van der Waals surface area contributed by atoms with Gasteiger partial charge >= 0.3 is 0 Å². The van der Waals surface area contributed by atoms with Crippen molar-refractivity contribution < 1.29 is 9.53 Å². The maximum absolute atomic E-state index is 11.4. The van der Waals surface area contributed by atoms with E-state index >= 15 is 0 Å². The van der Waals surface area contributed by atoms with Crippen LogP contribution in [0.2, 0.25) is 0 Å². The summed E-state index contributed by atoms with van der Waals surface area (Å²) in [5.41, 5.74) is 3.19. The molecule has 0 unspecified atom stereocenters. The predicted octanol–water partition coefficient (Wildman–Crippen LogP) is 2.99. The van der Waals surface area contributed by atoms with Crippen LogP contribution in [0.4, 0.5) is 0 Å². The van der Waals surface area contributed by atoms with Crippen LogP contribution in [0.5, 0.6) is 5.75 Å². The van der Waals surface area contributed by atoms with Gasteiger partial charge in [-0.15, -0.1) is 0 Å². The van der Waals surface area contributed by atoms with Gasteiger partial charge < -0.3 is 4.74 Å². The molecule has 0 radical (unpaired) electrons. The smallest absolute Gasteiger partial charge is 0.160 e. The first-order chi connectivity index (χ1) is 7.11. The average Bonchev–Trinajstić information content (AvgIpc) is 2.18. The summed E-state index contributed by atoms with van der Waals surface area (Å²) in [6.45, 7) is 1.95. The van der Waals surface area contributed by atoms with Crippen LogP contribution in [0.1, 0.15) is 18.1 Å². The van der Waals surface area contributed by atoms with Gasteiger partial charge in [-0.25, -0.2) is 0 Å². The Morgan fingerprint density at radius 3 is 2.80 bits per heavy atom. The lowest BCUT2D eigenvalue weighted by Crippen LogP contribution is -2.08. The van der Waals surface area contributed by atoms with Gasteiger partial charge in [-0.05, 0) is 57.8 Å². The van der Waals surface area contributed by atoms with Gasteiger partial charge in [0.25, 0.3) is 0 Å². The number of halogens is 1. The summed E-state index contributed by atoms with van der Waals surface area (Å²) < 4.78 is 6.13. The third-order valence-electron chi connectivity index (χ3n) is 2.54. The Morgan fingerprint density at radius 1 is 1.40 bits per heavy atom. The molecule has 2 nitrogen and oxygen atoms in total. The normalized spacial score (nSPS) is 14.6. The standard InChI is InChI=1S/C12H11BrO2/c1-7-3-9(14)4-8-5-12(15-2)11(13)6-10(7)8/h3,5-6H,4H2,1-2H3. The largest absolute Gasteiger partial charge is 0.496 e. The number of allylic oxidation sites excluding steroid dienone is 2. The molecular weight excluding hydrogens is 256 g/mol. The molecule has 78 valence electrons. The maximum Gasteiger partial charge on any atom is 0.160 e. The predicted molar refractivity (Wildman–Crippen MR) is 63.1 cm³/mol. The molecule has 0 N–H and O–H groups in total. The van der Waals surface area contributed by atoms with E-state index in [9.17, 15) is 4.79 Å². The van der Waals surface area contributed by atoms with Crippen molar-refractivity contribution >= 4 is 27.3 Å². The lowest BCUT2D eigenvalue weighted by molar-refractivity contribution is -0.114. The molecule has 0 fully saturated rings.